The molecule has 2 aromatic rings. The largest absolute Gasteiger partial charge is 0.351 e. The Bertz CT molecular complexity index is 473. The zero-order valence-electron chi connectivity index (χ0n) is 7.19. The molecule has 4 nitrogen and oxygen atoms in total. The number of aromatic nitrogens is 2. The Morgan fingerprint density at radius 3 is 3.08 bits per heavy atom. The summed E-state index contributed by atoms with van der Waals surface area (Å²) in [6.07, 6.45) is 3.33. The van der Waals surface area contributed by atoms with Crippen LogP contribution in [0.5, 0.6) is 0 Å². The van der Waals surface area contributed by atoms with Gasteiger partial charge in [-0.3, -0.25) is 4.57 Å². The topological polar surface area (TPSA) is 60.9 Å². The van der Waals surface area contributed by atoms with Gasteiger partial charge >= 0.3 is 6.03 Å². The lowest BCUT2D eigenvalue weighted by atomic mass is 10.2. The van der Waals surface area contributed by atoms with Crippen LogP contribution in [0.15, 0.2) is 24.5 Å². The van der Waals surface area contributed by atoms with E-state index < -0.39 is 6.03 Å². The second kappa shape index (κ2) is 2.58. The van der Waals surface area contributed by atoms with E-state index in [1.54, 1.807) is 12.4 Å². The van der Waals surface area contributed by atoms with Crippen molar-refractivity contribution in [2.45, 2.75) is 6.92 Å². The van der Waals surface area contributed by atoms with E-state index in [1.807, 2.05) is 19.1 Å². The lowest BCUT2D eigenvalue weighted by Gasteiger charge is -1.95. The molecule has 0 fully saturated rings. The average molecular weight is 175 g/mol. The first-order valence-corrected chi connectivity index (χ1v) is 3.92. The Labute approximate surface area is 75.0 Å². The summed E-state index contributed by atoms with van der Waals surface area (Å²) in [7, 11) is 0. The van der Waals surface area contributed by atoms with Crippen LogP contribution in [-0.2, 0) is 0 Å². The van der Waals surface area contributed by atoms with Crippen LogP contribution in [0.1, 0.15) is 5.56 Å². The summed E-state index contributed by atoms with van der Waals surface area (Å²) in [5.74, 6) is 0. The summed E-state index contributed by atoms with van der Waals surface area (Å²) in [6.45, 7) is 1.92. The highest BCUT2D eigenvalue weighted by Gasteiger charge is 2.08. The lowest BCUT2D eigenvalue weighted by Crippen LogP contribution is -2.18. The molecule has 0 aliphatic carbocycles. The Balaban J connectivity index is 2.85. The molecule has 66 valence electrons. The number of pyridine rings is 1. The van der Waals surface area contributed by atoms with E-state index in [2.05, 4.69) is 4.98 Å². The first kappa shape index (κ1) is 7.79. The van der Waals surface area contributed by atoms with Gasteiger partial charge < -0.3 is 5.73 Å². The molecule has 13 heavy (non-hydrogen) atoms. The first-order valence-electron chi connectivity index (χ1n) is 3.92. The minimum Gasteiger partial charge on any atom is -0.351 e. The Hall–Kier alpha value is -1.84. The van der Waals surface area contributed by atoms with Gasteiger partial charge in [-0.2, -0.15) is 0 Å². The molecule has 2 heterocycles. The van der Waals surface area contributed by atoms with Crippen LogP contribution in [-0.4, -0.2) is 15.6 Å². The van der Waals surface area contributed by atoms with Gasteiger partial charge in [-0.05, 0) is 24.6 Å². The van der Waals surface area contributed by atoms with Crippen LogP contribution in [0.2, 0.25) is 0 Å². The maximum Gasteiger partial charge on any atom is 0.324 e. The Kier molecular flexibility index (Phi) is 1.55. The molecule has 2 N–H and O–H groups in total. The Morgan fingerprint density at radius 1 is 1.62 bits per heavy atom. The summed E-state index contributed by atoms with van der Waals surface area (Å²) in [4.78, 5) is 15.1. The molecule has 0 bridgehead atoms. The van der Waals surface area contributed by atoms with E-state index in [-0.39, 0.29) is 0 Å². The third-order valence-electron chi connectivity index (χ3n) is 2.00. The molecule has 0 saturated heterocycles. The summed E-state index contributed by atoms with van der Waals surface area (Å²) in [5, 5.41) is 0.960. The Morgan fingerprint density at radius 2 is 2.38 bits per heavy atom. The second-order valence-electron chi connectivity index (χ2n) is 2.89. The molecular formula is C9H9N3O. The van der Waals surface area contributed by atoms with Crippen molar-refractivity contribution < 1.29 is 4.79 Å². The van der Waals surface area contributed by atoms with Crippen molar-refractivity contribution in [2.75, 3.05) is 0 Å². The summed E-state index contributed by atoms with van der Waals surface area (Å²) >= 11 is 0. The number of fused-ring (bicyclic) bond motifs is 1. The van der Waals surface area contributed by atoms with Crippen molar-refractivity contribution in [3.05, 3.63) is 30.1 Å². The smallest absolute Gasteiger partial charge is 0.324 e. The van der Waals surface area contributed by atoms with Gasteiger partial charge in [-0.15, -0.1) is 0 Å². The van der Waals surface area contributed by atoms with Crippen LogP contribution < -0.4 is 5.73 Å². The molecule has 0 atom stereocenters. The fourth-order valence-corrected chi connectivity index (χ4v) is 1.39. The van der Waals surface area contributed by atoms with Gasteiger partial charge in [0.25, 0.3) is 0 Å². The third kappa shape index (κ3) is 1.07. The third-order valence-corrected chi connectivity index (χ3v) is 2.00. The molecule has 0 aliphatic heterocycles. The zero-order valence-corrected chi connectivity index (χ0v) is 7.19. The minimum absolute atomic E-state index is 0.503. The quantitative estimate of drug-likeness (QED) is 0.655. The van der Waals surface area contributed by atoms with Gasteiger partial charge in [0.05, 0.1) is 0 Å². The zero-order chi connectivity index (χ0) is 9.42. The van der Waals surface area contributed by atoms with E-state index in [4.69, 9.17) is 5.73 Å². The van der Waals surface area contributed by atoms with Crippen LogP contribution >= 0.6 is 0 Å². The molecule has 0 radical (unpaired) electrons. The standard InChI is InChI=1S/C9H9N3O/c1-6-5-12(9(10)13)8-7(6)3-2-4-11-8/h2-5H,1H3,(H2,10,13). The van der Waals surface area contributed by atoms with Crippen LogP contribution in [0, 0.1) is 6.92 Å². The van der Waals surface area contributed by atoms with Gasteiger partial charge in [0.1, 0.15) is 5.65 Å². The highest BCUT2D eigenvalue weighted by molar-refractivity contribution is 5.90. The van der Waals surface area contributed by atoms with Crippen molar-refractivity contribution in [3.8, 4) is 0 Å². The summed E-state index contributed by atoms with van der Waals surface area (Å²) < 4.78 is 1.35. The molecule has 0 saturated carbocycles. The van der Waals surface area contributed by atoms with E-state index in [0.29, 0.717) is 5.65 Å². The van der Waals surface area contributed by atoms with Crippen molar-refractivity contribution in [2.24, 2.45) is 5.73 Å². The molecule has 2 rings (SSSR count). The highest BCUT2D eigenvalue weighted by atomic mass is 16.2. The molecule has 0 aliphatic rings. The predicted molar refractivity (Wildman–Crippen MR) is 49.5 cm³/mol. The van der Waals surface area contributed by atoms with Crippen molar-refractivity contribution in [1.29, 1.82) is 0 Å². The minimum atomic E-state index is -0.503. The normalized spacial score (nSPS) is 10.5. The number of nitrogens with zero attached hydrogens (tertiary/aromatic N) is 2. The fraction of sp³-hybridized carbons (Fsp3) is 0.111. The molecule has 2 aromatic heterocycles. The number of amides is 1. The number of hydrogen-bond acceptors (Lipinski definition) is 2. The van der Waals surface area contributed by atoms with E-state index in [0.717, 1.165) is 10.9 Å². The SMILES string of the molecule is Cc1cn(C(N)=O)c2ncccc12. The van der Waals surface area contributed by atoms with E-state index in [9.17, 15) is 4.79 Å². The molecule has 0 aromatic carbocycles. The summed E-state index contributed by atoms with van der Waals surface area (Å²) in [5.41, 5.74) is 6.80. The number of hydrogen-bond donors (Lipinski definition) is 1. The molecule has 1 amide bonds. The van der Waals surface area contributed by atoms with Gasteiger partial charge in [0.15, 0.2) is 0 Å². The molecule has 4 heteroatoms. The number of primary amides is 1. The highest BCUT2D eigenvalue weighted by Crippen LogP contribution is 2.17. The van der Waals surface area contributed by atoms with Gasteiger partial charge in [-0.1, -0.05) is 0 Å². The van der Waals surface area contributed by atoms with E-state index in [1.165, 1.54) is 4.57 Å². The number of aryl methyl sites for hydroxylation is 1. The van der Waals surface area contributed by atoms with Crippen molar-refractivity contribution >= 4 is 17.1 Å². The number of carbonyl (C=O) groups excluding carboxylic acids is 1. The van der Waals surface area contributed by atoms with Gasteiger partial charge in [-0.25, -0.2) is 9.78 Å². The lowest BCUT2D eigenvalue weighted by molar-refractivity contribution is 0.251. The predicted octanol–water partition coefficient (Wildman–Crippen LogP) is 1.27. The number of rotatable bonds is 0. The van der Waals surface area contributed by atoms with Gasteiger partial charge in [0, 0.05) is 17.8 Å². The molecule has 0 unspecified atom stereocenters. The van der Waals surface area contributed by atoms with Crippen LogP contribution in [0.3, 0.4) is 0 Å². The van der Waals surface area contributed by atoms with Crippen LogP contribution in [0.4, 0.5) is 4.79 Å². The van der Waals surface area contributed by atoms with E-state index >= 15 is 0 Å². The average Bonchev–Trinajstić information content (AvgIpc) is 2.45. The summed E-state index contributed by atoms with van der Waals surface area (Å²) in [6, 6.07) is 3.24. The maximum atomic E-state index is 11.0. The molecule has 0 spiro atoms. The number of nitrogens with two attached hydrogens (primary N) is 1. The molecular weight excluding hydrogens is 166 g/mol. The number of carbonyl (C=O) groups is 1. The maximum absolute atomic E-state index is 11.0. The van der Waals surface area contributed by atoms with Crippen LogP contribution in [0.25, 0.3) is 11.0 Å². The fourth-order valence-electron chi connectivity index (χ4n) is 1.39. The first-order chi connectivity index (χ1) is 6.20. The van der Waals surface area contributed by atoms with Crippen molar-refractivity contribution in [3.63, 3.8) is 0 Å². The monoisotopic (exact) mass is 175 g/mol. The second-order valence-corrected chi connectivity index (χ2v) is 2.89. The van der Waals surface area contributed by atoms with Gasteiger partial charge in [0.2, 0.25) is 0 Å². The van der Waals surface area contributed by atoms with Crippen molar-refractivity contribution in [1.82, 2.24) is 9.55 Å².